The Morgan fingerprint density at radius 1 is 0.979 bits per heavy atom. The molecule has 1 aliphatic heterocycles. The normalized spacial score (nSPS) is 18.0. The largest absolute Gasteiger partial charge is 0.479 e. The van der Waals surface area contributed by atoms with Crippen LogP contribution in [0, 0.1) is 11.8 Å². The number of hydrogen-bond donors (Lipinski definition) is 6. The molecule has 2 fully saturated rings. The van der Waals surface area contributed by atoms with Crippen LogP contribution in [0.4, 0.5) is 4.79 Å². The van der Waals surface area contributed by atoms with Gasteiger partial charge in [-0.1, -0.05) is 63.4 Å². The molecular weight excluding hydrogens is 628 g/mol. The van der Waals surface area contributed by atoms with Crippen molar-refractivity contribution in [2.45, 2.75) is 76.5 Å². The van der Waals surface area contributed by atoms with E-state index in [1.54, 1.807) is 18.2 Å². The summed E-state index contributed by atoms with van der Waals surface area (Å²) >= 11 is 0. The number of hydrogen-bond acceptors (Lipinski definition) is 10. The summed E-state index contributed by atoms with van der Waals surface area (Å²) in [5.74, 6) is -7.07. The Morgan fingerprint density at radius 2 is 1.65 bits per heavy atom. The van der Waals surface area contributed by atoms with Gasteiger partial charge in [0.05, 0.1) is 25.7 Å². The lowest BCUT2D eigenvalue weighted by Crippen LogP contribution is -2.70. The van der Waals surface area contributed by atoms with Crippen molar-refractivity contribution in [2.75, 3.05) is 26.2 Å². The standard InChI is InChI=1S/C32H44N6O10/c1-18(2)17-48-32(47)37-24(19-9-5-3-6-10-19)30(44)38-16-22(39)26(38)28(42)35-21(13-14-33)27(41)29(43)34-15-23(40)36-25(31(45)46)20-11-7-4-8-12-20/h4,7-8,11-12,18-19,21,24-26H,3,5-6,9-10,13-17,33H2,1-2H3,(H,34,43)(H,35,42)(H,36,40)(H,37,47)(H,45,46)/t21?,24-,25?,26?/m0/s1. The first-order valence-electron chi connectivity index (χ1n) is 16.0. The van der Waals surface area contributed by atoms with Crippen molar-refractivity contribution in [3.63, 3.8) is 0 Å². The van der Waals surface area contributed by atoms with Crippen LogP contribution in [0.5, 0.6) is 0 Å². The highest BCUT2D eigenvalue weighted by Gasteiger charge is 2.49. The molecule has 3 unspecified atom stereocenters. The van der Waals surface area contributed by atoms with Crippen LogP contribution in [0.25, 0.3) is 0 Å². The molecule has 0 radical (unpaired) electrons. The van der Waals surface area contributed by atoms with E-state index in [0.29, 0.717) is 12.8 Å². The number of benzene rings is 1. The molecule has 1 aliphatic carbocycles. The van der Waals surface area contributed by atoms with Gasteiger partial charge >= 0.3 is 12.1 Å². The van der Waals surface area contributed by atoms with Crippen LogP contribution in [0.15, 0.2) is 30.3 Å². The zero-order valence-corrected chi connectivity index (χ0v) is 27.1. The first-order chi connectivity index (χ1) is 22.8. The molecule has 16 nitrogen and oxygen atoms in total. The predicted molar refractivity (Wildman–Crippen MR) is 169 cm³/mol. The fourth-order valence-electron chi connectivity index (χ4n) is 5.58. The second kappa shape index (κ2) is 17.9. The second-order valence-electron chi connectivity index (χ2n) is 12.3. The summed E-state index contributed by atoms with van der Waals surface area (Å²) in [7, 11) is 0. The lowest BCUT2D eigenvalue weighted by Gasteiger charge is -2.42. The Bertz CT molecular complexity index is 1360. The van der Waals surface area contributed by atoms with Gasteiger partial charge in [0, 0.05) is 0 Å². The van der Waals surface area contributed by atoms with Gasteiger partial charge in [-0.2, -0.15) is 0 Å². The Morgan fingerprint density at radius 3 is 2.23 bits per heavy atom. The van der Waals surface area contributed by atoms with E-state index in [1.165, 1.54) is 12.1 Å². The summed E-state index contributed by atoms with van der Waals surface area (Å²) in [4.78, 5) is 103. The molecule has 1 saturated heterocycles. The van der Waals surface area contributed by atoms with E-state index < -0.39 is 78.0 Å². The van der Waals surface area contributed by atoms with E-state index in [2.05, 4.69) is 21.3 Å². The molecule has 0 bridgehead atoms. The smallest absolute Gasteiger partial charge is 0.407 e. The molecule has 1 saturated carbocycles. The highest BCUT2D eigenvalue weighted by Crippen LogP contribution is 2.29. The third-order valence-corrected chi connectivity index (χ3v) is 8.09. The Balaban J connectivity index is 1.63. The number of carbonyl (C=O) groups excluding carboxylic acids is 7. The topological polar surface area (TPSA) is 243 Å². The third-order valence-electron chi connectivity index (χ3n) is 8.09. The Kier molecular flexibility index (Phi) is 14.0. The molecule has 1 aromatic rings. The van der Waals surface area contributed by atoms with Gasteiger partial charge in [-0.25, -0.2) is 9.59 Å². The molecule has 1 aromatic carbocycles. The van der Waals surface area contributed by atoms with Crippen LogP contribution in [-0.2, 0) is 38.3 Å². The molecule has 3 rings (SSSR count). The molecule has 1 heterocycles. The predicted octanol–water partition coefficient (Wildman–Crippen LogP) is -0.442. The summed E-state index contributed by atoms with van der Waals surface area (Å²) in [5.41, 5.74) is 5.89. The van der Waals surface area contributed by atoms with Gasteiger partial charge in [0.15, 0.2) is 17.9 Å². The summed E-state index contributed by atoms with van der Waals surface area (Å²) < 4.78 is 5.21. The molecule has 48 heavy (non-hydrogen) atoms. The SMILES string of the molecule is CC(C)COC(=O)N[C@H](C(=O)N1CC(=O)C1C(=O)NC(CCN)C(=O)C(=O)NCC(=O)NC(C(=O)O)c1ccccc1)C1CCCCC1. The molecule has 4 atom stereocenters. The van der Waals surface area contributed by atoms with Gasteiger partial charge < -0.3 is 41.7 Å². The minimum atomic E-state index is -1.59. The van der Waals surface area contributed by atoms with E-state index >= 15 is 0 Å². The second-order valence-corrected chi connectivity index (χ2v) is 12.3. The number of alkyl carbamates (subject to hydrolysis) is 1. The quantitative estimate of drug-likeness (QED) is 0.0971. The molecular formula is C32H44N6O10. The maximum absolute atomic E-state index is 13.7. The van der Waals surface area contributed by atoms with Crippen LogP contribution in [0.3, 0.4) is 0 Å². The van der Waals surface area contributed by atoms with E-state index in [0.717, 1.165) is 24.2 Å². The van der Waals surface area contributed by atoms with Crippen molar-refractivity contribution >= 4 is 47.3 Å². The van der Waals surface area contributed by atoms with E-state index in [1.807, 2.05) is 13.8 Å². The van der Waals surface area contributed by atoms with E-state index in [4.69, 9.17) is 10.5 Å². The number of carboxylic acid groups (broad SMARTS) is 1. The number of nitrogens with two attached hydrogens (primary N) is 1. The van der Waals surface area contributed by atoms with Gasteiger partial charge in [0.2, 0.25) is 17.6 Å². The number of aliphatic carboxylic acids is 1. The van der Waals surface area contributed by atoms with Crippen molar-refractivity contribution in [1.82, 2.24) is 26.2 Å². The summed E-state index contributed by atoms with van der Waals surface area (Å²) in [6, 6.07) is 2.32. The van der Waals surface area contributed by atoms with Crippen molar-refractivity contribution in [3.8, 4) is 0 Å². The van der Waals surface area contributed by atoms with Crippen LogP contribution in [0.2, 0.25) is 0 Å². The van der Waals surface area contributed by atoms with Gasteiger partial charge in [-0.15, -0.1) is 0 Å². The van der Waals surface area contributed by atoms with Crippen LogP contribution < -0.4 is 27.0 Å². The maximum Gasteiger partial charge on any atom is 0.407 e. The van der Waals surface area contributed by atoms with Gasteiger partial charge in [0.1, 0.15) is 6.04 Å². The van der Waals surface area contributed by atoms with E-state index in [9.17, 15) is 43.5 Å². The molecule has 262 valence electrons. The Hall–Kier alpha value is -4.86. The number of carbonyl (C=O) groups is 8. The minimum absolute atomic E-state index is 0.0630. The summed E-state index contributed by atoms with van der Waals surface area (Å²) in [5, 5.41) is 18.8. The highest BCUT2D eigenvalue weighted by atomic mass is 16.5. The number of ether oxygens (including phenoxy) is 1. The molecule has 5 amide bonds. The number of ketones is 2. The number of Topliss-reactive ketones (excluding diaryl/α,β-unsaturated/α-hetero) is 2. The summed E-state index contributed by atoms with van der Waals surface area (Å²) in [6.07, 6.45) is 2.99. The number of nitrogens with zero attached hydrogens (tertiary/aromatic N) is 1. The number of likely N-dealkylation sites (tertiary alicyclic amines) is 1. The fraction of sp³-hybridized carbons (Fsp3) is 0.562. The van der Waals surface area contributed by atoms with Gasteiger partial charge in [-0.3, -0.25) is 28.8 Å². The maximum atomic E-state index is 13.7. The van der Waals surface area contributed by atoms with Crippen molar-refractivity contribution in [2.24, 2.45) is 17.6 Å². The Labute approximate surface area is 277 Å². The summed E-state index contributed by atoms with van der Waals surface area (Å²) in [6.45, 7) is 2.58. The van der Waals surface area contributed by atoms with Gasteiger partial charge in [0.25, 0.3) is 11.8 Å². The number of amides is 5. The zero-order chi connectivity index (χ0) is 35.4. The van der Waals surface area contributed by atoms with Crippen molar-refractivity contribution in [1.29, 1.82) is 0 Å². The molecule has 0 aromatic heterocycles. The fourth-order valence-corrected chi connectivity index (χ4v) is 5.58. The van der Waals surface area contributed by atoms with Crippen molar-refractivity contribution < 1.29 is 48.2 Å². The molecule has 0 spiro atoms. The lowest BCUT2D eigenvalue weighted by atomic mass is 9.82. The molecule has 2 aliphatic rings. The number of nitrogens with one attached hydrogen (secondary N) is 4. The van der Waals surface area contributed by atoms with Crippen LogP contribution in [0.1, 0.15) is 64.0 Å². The van der Waals surface area contributed by atoms with Gasteiger partial charge in [-0.05, 0) is 43.2 Å². The number of carboxylic acids is 1. The monoisotopic (exact) mass is 672 g/mol. The van der Waals surface area contributed by atoms with Crippen LogP contribution >= 0.6 is 0 Å². The molecule has 16 heteroatoms. The van der Waals surface area contributed by atoms with E-state index in [-0.39, 0.29) is 43.5 Å². The molecule has 7 N–H and O–H groups in total. The third kappa shape index (κ3) is 10.3. The average Bonchev–Trinajstić information content (AvgIpc) is 3.06. The minimum Gasteiger partial charge on any atom is -0.479 e. The average molecular weight is 673 g/mol. The first-order valence-corrected chi connectivity index (χ1v) is 16.0. The van der Waals surface area contributed by atoms with Crippen LogP contribution in [-0.4, -0.2) is 102 Å². The highest BCUT2D eigenvalue weighted by molar-refractivity contribution is 6.38. The first kappa shape index (κ1) is 37.6. The zero-order valence-electron chi connectivity index (χ0n) is 27.1. The number of rotatable bonds is 16. The lowest BCUT2D eigenvalue weighted by molar-refractivity contribution is -0.159. The van der Waals surface area contributed by atoms with Crippen molar-refractivity contribution in [3.05, 3.63) is 35.9 Å².